The van der Waals surface area contributed by atoms with Gasteiger partial charge in [-0.2, -0.15) is 5.26 Å². The molecule has 2 aromatic rings. The normalized spacial score (nSPS) is 20.1. The molecule has 0 amide bonds. The van der Waals surface area contributed by atoms with Crippen molar-refractivity contribution in [2.45, 2.75) is 50.7 Å². The molecule has 0 aliphatic carbocycles. The summed E-state index contributed by atoms with van der Waals surface area (Å²) in [6, 6.07) is 19.7. The molecule has 27 heavy (non-hydrogen) atoms. The van der Waals surface area contributed by atoms with Crippen molar-refractivity contribution in [3.8, 4) is 11.8 Å². The highest BCUT2D eigenvalue weighted by molar-refractivity contribution is 5.42. The minimum atomic E-state index is -0.514. The predicted molar refractivity (Wildman–Crippen MR) is 109 cm³/mol. The van der Waals surface area contributed by atoms with E-state index in [-0.39, 0.29) is 0 Å². The molecule has 0 saturated carbocycles. The second-order valence-electron chi connectivity index (χ2n) is 7.74. The van der Waals surface area contributed by atoms with Gasteiger partial charge in [-0.3, -0.25) is 0 Å². The maximum atomic E-state index is 9.45. The number of hydrogen-bond acceptors (Lipinski definition) is 4. The smallest absolute Gasteiger partial charge is 0.123 e. The lowest BCUT2D eigenvalue weighted by Gasteiger charge is -2.34. The van der Waals surface area contributed by atoms with Crippen LogP contribution in [0.3, 0.4) is 0 Å². The Bertz CT molecular complexity index is 795. The monoisotopic (exact) mass is 363 g/mol. The van der Waals surface area contributed by atoms with E-state index in [1.807, 2.05) is 26.0 Å². The molecule has 4 nitrogen and oxygen atoms in total. The van der Waals surface area contributed by atoms with E-state index in [2.05, 4.69) is 53.1 Å². The van der Waals surface area contributed by atoms with E-state index in [9.17, 15) is 5.26 Å². The zero-order valence-corrected chi connectivity index (χ0v) is 16.5. The van der Waals surface area contributed by atoms with Gasteiger partial charge in [0.25, 0.3) is 0 Å². The minimum absolute atomic E-state index is 0.310. The number of nitriles is 1. The lowest BCUT2D eigenvalue weighted by molar-refractivity contribution is 0.302. The zero-order chi connectivity index (χ0) is 19.3. The molecule has 4 heteroatoms. The van der Waals surface area contributed by atoms with Gasteiger partial charge in [0, 0.05) is 24.2 Å². The molecule has 142 valence electrons. The summed E-state index contributed by atoms with van der Waals surface area (Å²) in [6.07, 6.45) is 2.30. The summed E-state index contributed by atoms with van der Waals surface area (Å²) in [7, 11) is 1.70. The first-order valence-electron chi connectivity index (χ1n) is 9.65. The second kappa shape index (κ2) is 8.56. The maximum absolute atomic E-state index is 9.45. The number of ether oxygens (including phenoxy) is 1. The van der Waals surface area contributed by atoms with E-state index in [0.29, 0.717) is 18.6 Å². The molecule has 0 bridgehead atoms. The molecule has 1 aliphatic rings. The molecule has 0 radical (unpaired) electrons. The Labute approximate surface area is 162 Å². The van der Waals surface area contributed by atoms with E-state index in [1.165, 1.54) is 12.0 Å². The first kappa shape index (κ1) is 19.4. The third kappa shape index (κ3) is 4.50. The van der Waals surface area contributed by atoms with Crippen LogP contribution in [0.1, 0.15) is 49.4 Å². The fourth-order valence-corrected chi connectivity index (χ4v) is 3.73. The Balaban J connectivity index is 1.78. The fraction of sp³-hybridized carbons (Fsp3) is 0.435. The Hall–Kier alpha value is -2.35. The number of hydrogen-bond donors (Lipinski definition) is 2. The van der Waals surface area contributed by atoms with E-state index < -0.39 is 5.41 Å². The van der Waals surface area contributed by atoms with Crippen LogP contribution < -0.4 is 15.4 Å². The number of nitrogens with one attached hydrogen (secondary N) is 2. The molecule has 0 spiro atoms. The first-order valence-corrected chi connectivity index (χ1v) is 9.65. The summed E-state index contributed by atoms with van der Waals surface area (Å²) in [5.41, 5.74) is 2.92. The molecule has 2 N–H and O–H groups in total. The topological polar surface area (TPSA) is 57.1 Å². The highest BCUT2D eigenvalue weighted by Gasteiger charge is 2.26. The molecule has 0 unspecified atom stereocenters. The molecule has 1 heterocycles. The molecular formula is C23H29N3O. The zero-order valence-electron chi connectivity index (χ0n) is 16.5. The van der Waals surface area contributed by atoms with Crippen LogP contribution in [0.25, 0.3) is 0 Å². The minimum Gasteiger partial charge on any atom is -0.496 e. The van der Waals surface area contributed by atoms with Gasteiger partial charge in [-0.05, 0) is 56.5 Å². The third-order valence-electron chi connectivity index (χ3n) is 5.45. The van der Waals surface area contributed by atoms with Crippen LogP contribution in [-0.4, -0.2) is 19.7 Å². The van der Waals surface area contributed by atoms with Crippen LogP contribution >= 0.6 is 0 Å². The van der Waals surface area contributed by atoms with E-state index in [4.69, 9.17) is 4.74 Å². The summed E-state index contributed by atoms with van der Waals surface area (Å²) in [4.78, 5) is 0. The van der Waals surface area contributed by atoms with Crippen molar-refractivity contribution in [3.63, 3.8) is 0 Å². The van der Waals surface area contributed by atoms with Gasteiger partial charge in [-0.1, -0.05) is 36.4 Å². The molecule has 2 aromatic carbocycles. The largest absolute Gasteiger partial charge is 0.496 e. The average molecular weight is 364 g/mol. The molecule has 1 fully saturated rings. The van der Waals surface area contributed by atoms with Crippen LogP contribution in [0, 0.1) is 11.3 Å². The fourth-order valence-electron chi connectivity index (χ4n) is 3.73. The quantitative estimate of drug-likeness (QED) is 0.812. The summed E-state index contributed by atoms with van der Waals surface area (Å²) in [5, 5.41) is 16.8. The Morgan fingerprint density at radius 2 is 2.00 bits per heavy atom. The molecule has 2 atom stereocenters. The van der Waals surface area contributed by atoms with Crippen molar-refractivity contribution in [3.05, 3.63) is 65.2 Å². The van der Waals surface area contributed by atoms with Crippen molar-refractivity contribution < 1.29 is 4.74 Å². The summed E-state index contributed by atoms with van der Waals surface area (Å²) in [5.74, 6) is 0.861. The van der Waals surface area contributed by atoms with Crippen molar-refractivity contribution >= 4 is 0 Å². The number of methoxy groups -OCH3 is 1. The van der Waals surface area contributed by atoms with Crippen LogP contribution in [0.4, 0.5) is 0 Å². The lowest BCUT2D eigenvalue weighted by Crippen LogP contribution is -2.45. The number of nitrogens with zero attached hydrogens (tertiary/aromatic N) is 1. The van der Waals surface area contributed by atoms with Gasteiger partial charge in [0.1, 0.15) is 5.75 Å². The second-order valence-corrected chi connectivity index (χ2v) is 7.74. The van der Waals surface area contributed by atoms with Crippen LogP contribution in [0.5, 0.6) is 5.75 Å². The van der Waals surface area contributed by atoms with Gasteiger partial charge in [-0.15, -0.1) is 0 Å². The van der Waals surface area contributed by atoms with Gasteiger partial charge in [-0.25, -0.2) is 0 Å². The molecule has 3 rings (SSSR count). The van der Waals surface area contributed by atoms with Gasteiger partial charge in [0.05, 0.1) is 18.6 Å². The highest BCUT2D eigenvalue weighted by Crippen LogP contribution is 2.29. The average Bonchev–Trinajstić information content (AvgIpc) is 2.72. The van der Waals surface area contributed by atoms with E-state index in [1.54, 1.807) is 7.11 Å². The number of rotatable bonds is 6. The van der Waals surface area contributed by atoms with E-state index >= 15 is 0 Å². The summed E-state index contributed by atoms with van der Waals surface area (Å²) in [6.45, 7) is 5.66. The lowest BCUT2D eigenvalue weighted by atomic mass is 9.85. The standard InChI is InChI=1S/C23H29N3O/c1-23(2,16-24)19-11-12-21(27-3)18(14-19)15-26-20-10-7-13-25-22(20)17-8-5-4-6-9-17/h4-6,8-9,11-12,14,20,22,25-26H,7,10,13,15H2,1-3H3/t20-,22-/m0/s1. The Kier molecular flexibility index (Phi) is 6.15. The van der Waals surface area contributed by atoms with Crippen LogP contribution in [0.2, 0.25) is 0 Å². The molecular weight excluding hydrogens is 334 g/mol. The van der Waals surface area contributed by atoms with Gasteiger partial charge < -0.3 is 15.4 Å². The van der Waals surface area contributed by atoms with Gasteiger partial charge >= 0.3 is 0 Å². The highest BCUT2D eigenvalue weighted by atomic mass is 16.5. The summed E-state index contributed by atoms with van der Waals surface area (Å²) < 4.78 is 5.56. The summed E-state index contributed by atoms with van der Waals surface area (Å²) >= 11 is 0. The Morgan fingerprint density at radius 1 is 1.22 bits per heavy atom. The van der Waals surface area contributed by atoms with Gasteiger partial charge in [0.15, 0.2) is 0 Å². The molecule has 0 aromatic heterocycles. The van der Waals surface area contributed by atoms with Crippen molar-refractivity contribution in [2.24, 2.45) is 0 Å². The third-order valence-corrected chi connectivity index (χ3v) is 5.45. The molecule has 1 aliphatic heterocycles. The maximum Gasteiger partial charge on any atom is 0.123 e. The molecule has 1 saturated heterocycles. The van der Waals surface area contributed by atoms with Crippen LogP contribution in [-0.2, 0) is 12.0 Å². The predicted octanol–water partition coefficient (Wildman–Crippen LogP) is 4.08. The number of benzene rings is 2. The SMILES string of the molecule is COc1ccc(C(C)(C)C#N)cc1CN[C@H]1CCCN[C@H]1c1ccccc1. The first-order chi connectivity index (χ1) is 13.0. The van der Waals surface area contributed by atoms with Crippen molar-refractivity contribution in [1.29, 1.82) is 5.26 Å². The Morgan fingerprint density at radius 3 is 2.70 bits per heavy atom. The van der Waals surface area contributed by atoms with E-state index in [0.717, 1.165) is 29.8 Å². The van der Waals surface area contributed by atoms with Crippen LogP contribution in [0.15, 0.2) is 48.5 Å². The van der Waals surface area contributed by atoms with Crippen molar-refractivity contribution in [2.75, 3.05) is 13.7 Å². The van der Waals surface area contributed by atoms with Crippen molar-refractivity contribution in [1.82, 2.24) is 10.6 Å². The number of piperidine rings is 1. The van der Waals surface area contributed by atoms with Gasteiger partial charge in [0.2, 0.25) is 0 Å².